The highest BCUT2D eigenvalue weighted by Gasteiger charge is 2.22. The molecule has 0 aliphatic carbocycles. The Morgan fingerprint density at radius 2 is 1.32 bits per heavy atom. The number of pyridine rings is 1. The first-order valence-corrected chi connectivity index (χ1v) is 18.4. The van der Waals surface area contributed by atoms with E-state index in [1.165, 1.54) is 61.0 Å². The van der Waals surface area contributed by atoms with E-state index in [1.807, 2.05) is 23.3 Å². The van der Waals surface area contributed by atoms with E-state index in [-0.39, 0.29) is 5.41 Å². The van der Waals surface area contributed by atoms with Gasteiger partial charge in [-0.15, -0.1) is 0 Å². The van der Waals surface area contributed by atoms with Crippen LogP contribution in [0.25, 0.3) is 55.6 Å². The maximum Gasteiger partial charge on any atom is 0.137 e. The van der Waals surface area contributed by atoms with Gasteiger partial charge >= 0.3 is 0 Å². The van der Waals surface area contributed by atoms with E-state index in [9.17, 15) is 0 Å². The smallest absolute Gasteiger partial charge is 0.137 e. The number of hydrogen-bond donors (Lipinski definition) is 0. The number of ether oxygens (including phenoxy) is 1. The summed E-state index contributed by atoms with van der Waals surface area (Å²) in [6, 6.07) is 33.0. The highest BCUT2D eigenvalue weighted by Crippen LogP contribution is 2.42. The summed E-state index contributed by atoms with van der Waals surface area (Å²) in [5.41, 5.74) is 16.7. The Hall–Kier alpha value is -5.94. The van der Waals surface area contributed by atoms with Crippen LogP contribution in [0.4, 0.5) is 0 Å². The zero-order chi connectivity index (χ0) is 37.2. The van der Waals surface area contributed by atoms with E-state index in [4.69, 9.17) is 9.72 Å². The predicted molar refractivity (Wildman–Crippen MR) is 220 cm³/mol. The highest BCUT2D eigenvalue weighted by molar-refractivity contribution is 6.14. The van der Waals surface area contributed by atoms with Gasteiger partial charge < -0.3 is 9.30 Å². The Kier molecular flexibility index (Phi) is 8.33. The SMILES string of the molecule is Cc1cc(C)c(-c2cc(Oc3ccc4c5cccc(-c6c(C)cc(C)cc6C)c5n(-c5cc(C(C)(C)C)ccn5)c4c3)cc(-n3ccnc3)c2)c(C)c1. The lowest BCUT2D eigenvalue weighted by Gasteiger charge is -2.20. The fourth-order valence-electron chi connectivity index (χ4n) is 8.28. The normalized spacial score (nSPS) is 11.9. The zero-order valence-electron chi connectivity index (χ0n) is 32.2. The van der Waals surface area contributed by atoms with Crippen molar-refractivity contribution < 1.29 is 4.74 Å². The number of aryl methyl sites for hydroxylation is 6. The van der Waals surface area contributed by atoms with Crippen molar-refractivity contribution in [2.75, 3.05) is 0 Å². The van der Waals surface area contributed by atoms with E-state index < -0.39 is 0 Å². The van der Waals surface area contributed by atoms with Gasteiger partial charge in [-0.05, 0) is 128 Å². The van der Waals surface area contributed by atoms with Gasteiger partial charge in [-0.3, -0.25) is 4.57 Å². The van der Waals surface area contributed by atoms with Crippen molar-refractivity contribution in [1.29, 1.82) is 0 Å². The number of fused-ring (bicyclic) bond motifs is 3. The summed E-state index contributed by atoms with van der Waals surface area (Å²) < 4.78 is 11.2. The molecule has 3 heterocycles. The summed E-state index contributed by atoms with van der Waals surface area (Å²) in [6.07, 6.45) is 7.54. The molecule has 0 saturated heterocycles. The Balaban J connectivity index is 1.36. The van der Waals surface area contributed by atoms with Crippen molar-refractivity contribution in [2.45, 2.75) is 67.7 Å². The van der Waals surface area contributed by atoms with Gasteiger partial charge in [0, 0.05) is 47.1 Å². The summed E-state index contributed by atoms with van der Waals surface area (Å²) in [6.45, 7) is 19.9. The van der Waals surface area contributed by atoms with Crippen LogP contribution in [0.1, 0.15) is 59.7 Å². The van der Waals surface area contributed by atoms with Crippen LogP contribution in [0.3, 0.4) is 0 Å². The molecule has 0 saturated carbocycles. The van der Waals surface area contributed by atoms with Gasteiger partial charge in [0.25, 0.3) is 0 Å². The molecule has 0 aliphatic rings. The Morgan fingerprint density at radius 1 is 0.623 bits per heavy atom. The minimum atomic E-state index is -0.0379. The number of hydrogen-bond acceptors (Lipinski definition) is 3. The molecular weight excluding hydrogens is 649 g/mol. The molecule has 0 atom stereocenters. The van der Waals surface area contributed by atoms with Gasteiger partial charge in [0.15, 0.2) is 0 Å². The molecule has 5 heteroatoms. The van der Waals surface area contributed by atoms with Crippen molar-refractivity contribution in [3.8, 4) is 45.3 Å². The van der Waals surface area contributed by atoms with Gasteiger partial charge in [-0.2, -0.15) is 0 Å². The molecule has 3 aromatic heterocycles. The number of imidazole rings is 1. The first-order chi connectivity index (χ1) is 25.4. The molecular formula is C48H46N4O. The van der Waals surface area contributed by atoms with E-state index in [2.05, 4.69) is 163 Å². The number of rotatable bonds is 6. The predicted octanol–water partition coefficient (Wildman–Crippen LogP) is 12.6. The summed E-state index contributed by atoms with van der Waals surface area (Å²) in [7, 11) is 0. The van der Waals surface area contributed by atoms with Gasteiger partial charge in [0.2, 0.25) is 0 Å². The molecule has 0 spiro atoms. The molecule has 0 N–H and O–H groups in total. The third kappa shape index (κ3) is 6.20. The summed E-state index contributed by atoms with van der Waals surface area (Å²) >= 11 is 0. The summed E-state index contributed by atoms with van der Waals surface area (Å²) in [4.78, 5) is 9.36. The fraction of sp³-hybridized carbons (Fsp3) is 0.208. The van der Waals surface area contributed by atoms with Crippen LogP contribution in [0.15, 0.2) is 116 Å². The lowest BCUT2D eigenvalue weighted by atomic mass is 9.88. The number of aromatic nitrogens is 4. The Bertz CT molecular complexity index is 2640. The van der Waals surface area contributed by atoms with Crippen molar-refractivity contribution >= 4 is 21.8 Å². The molecule has 0 unspecified atom stereocenters. The van der Waals surface area contributed by atoms with E-state index in [0.717, 1.165) is 45.0 Å². The maximum atomic E-state index is 6.85. The lowest BCUT2D eigenvalue weighted by Crippen LogP contribution is -2.12. The van der Waals surface area contributed by atoms with Gasteiger partial charge in [-0.25, -0.2) is 9.97 Å². The second-order valence-electron chi connectivity index (χ2n) is 15.7. The standard InChI is InChI=1S/C48H46N4O/c1-29-19-31(3)45(32(4)20-29)35-23-37(51-18-17-49-28-51)26-39(24-35)53-38-13-14-40-41-11-10-12-42(46-33(5)21-30(2)22-34(46)6)47(41)52(43(40)27-38)44-25-36(15-16-50-44)48(7,8)9/h10-28H,1-9H3. The summed E-state index contributed by atoms with van der Waals surface area (Å²) in [5.74, 6) is 2.40. The van der Waals surface area contributed by atoms with Crippen LogP contribution in [-0.4, -0.2) is 19.1 Å². The number of benzene rings is 5. The highest BCUT2D eigenvalue weighted by atomic mass is 16.5. The molecule has 0 aliphatic heterocycles. The average molecular weight is 695 g/mol. The van der Waals surface area contributed by atoms with Crippen molar-refractivity contribution in [1.82, 2.24) is 19.1 Å². The van der Waals surface area contributed by atoms with Crippen LogP contribution in [0.2, 0.25) is 0 Å². The zero-order valence-corrected chi connectivity index (χ0v) is 32.2. The lowest BCUT2D eigenvalue weighted by molar-refractivity contribution is 0.483. The average Bonchev–Trinajstić information content (AvgIpc) is 3.74. The van der Waals surface area contributed by atoms with E-state index >= 15 is 0 Å². The quantitative estimate of drug-likeness (QED) is 0.174. The molecule has 264 valence electrons. The monoisotopic (exact) mass is 694 g/mol. The van der Waals surface area contributed by atoms with Gasteiger partial charge in [0.05, 0.1) is 23.0 Å². The van der Waals surface area contributed by atoms with Crippen LogP contribution in [0, 0.1) is 41.5 Å². The van der Waals surface area contributed by atoms with Crippen LogP contribution in [-0.2, 0) is 5.41 Å². The largest absolute Gasteiger partial charge is 0.457 e. The second-order valence-corrected chi connectivity index (χ2v) is 15.7. The van der Waals surface area contributed by atoms with E-state index in [1.54, 1.807) is 6.20 Å². The Labute approximate surface area is 312 Å². The molecule has 0 amide bonds. The molecule has 53 heavy (non-hydrogen) atoms. The minimum absolute atomic E-state index is 0.0379. The Morgan fingerprint density at radius 3 is 1.98 bits per heavy atom. The first-order valence-electron chi connectivity index (χ1n) is 18.4. The number of nitrogens with zero attached hydrogens (tertiary/aromatic N) is 4. The molecule has 0 fully saturated rings. The van der Waals surface area contributed by atoms with Gasteiger partial charge in [0.1, 0.15) is 17.3 Å². The first kappa shape index (κ1) is 34.2. The summed E-state index contributed by atoms with van der Waals surface area (Å²) in [5, 5.41) is 2.33. The third-order valence-electron chi connectivity index (χ3n) is 10.4. The number of para-hydroxylation sites is 1. The van der Waals surface area contributed by atoms with Gasteiger partial charge in [-0.1, -0.05) is 74.4 Å². The van der Waals surface area contributed by atoms with Crippen molar-refractivity contribution in [3.63, 3.8) is 0 Å². The van der Waals surface area contributed by atoms with Crippen molar-refractivity contribution in [2.24, 2.45) is 0 Å². The van der Waals surface area contributed by atoms with Crippen LogP contribution < -0.4 is 4.74 Å². The molecule has 5 aromatic carbocycles. The molecule has 8 aromatic rings. The topological polar surface area (TPSA) is 44.9 Å². The van der Waals surface area contributed by atoms with E-state index in [0.29, 0.717) is 0 Å². The minimum Gasteiger partial charge on any atom is -0.457 e. The van der Waals surface area contributed by atoms with Crippen molar-refractivity contribution in [3.05, 3.63) is 155 Å². The molecule has 5 nitrogen and oxygen atoms in total. The molecule has 0 radical (unpaired) electrons. The molecule has 8 rings (SSSR count). The third-order valence-corrected chi connectivity index (χ3v) is 10.4. The molecule has 0 bridgehead atoms. The van der Waals surface area contributed by atoms with Crippen LogP contribution >= 0.6 is 0 Å². The van der Waals surface area contributed by atoms with Crippen LogP contribution in [0.5, 0.6) is 11.5 Å². The fourth-order valence-corrected chi connectivity index (χ4v) is 8.28. The second kappa shape index (κ2) is 12.9. The maximum absolute atomic E-state index is 6.85.